The van der Waals surface area contributed by atoms with Gasteiger partial charge in [-0.2, -0.15) is 10.4 Å². The standard InChI is InChI=1S/C23H23FN6O/c1-29-15-20(17-5-7-18(24)8-6-17)22(28-29)23(31)30-11-3-2-4-19(30)14-27-21-12-16(13-25)9-10-26-21/h5-10,12,15,19H,2-4,11,14H2,1H3,(H,26,27)/t19-/m0/s1. The SMILES string of the molecule is Cn1cc(-c2ccc(F)cc2)c(C(=O)N2CCCC[C@H]2CNc2cc(C#N)ccn2)n1. The largest absolute Gasteiger partial charge is 0.368 e. The van der Waals surface area contributed by atoms with Gasteiger partial charge in [0.05, 0.1) is 11.6 Å². The zero-order valence-electron chi connectivity index (χ0n) is 17.3. The van der Waals surface area contributed by atoms with Gasteiger partial charge in [0.2, 0.25) is 0 Å². The number of piperidine rings is 1. The van der Waals surface area contributed by atoms with Gasteiger partial charge in [-0.05, 0) is 49.1 Å². The number of likely N-dealkylation sites (tertiary alicyclic amines) is 1. The third kappa shape index (κ3) is 4.56. The molecule has 0 aliphatic carbocycles. The molecular formula is C23H23FN6O. The van der Waals surface area contributed by atoms with Crippen molar-refractivity contribution in [1.82, 2.24) is 19.7 Å². The van der Waals surface area contributed by atoms with Crippen molar-refractivity contribution in [3.05, 3.63) is 65.9 Å². The van der Waals surface area contributed by atoms with Crippen molar-refractivity contribution in [3.8, 4) is 17.2 Å². The zero-order chi connectivity index (χ0) is 21.8. The predicted octanol–water partition coefficient (Wildman–Crippen LogP) is 3.60. The first kappa shape index (κ1) is 20.5. The average molecular weight is 418 g/mol. The van der Waals surface area contributed by atoms with Crippen LogP contribution in [-0.4, -0.2) is 44.7 Å². The Labute approximate surface area is 180 Å². The van der Waals surface area contributed by atoms with Gasteiger partial charge in [-0.15, -0.1) is 0 Å². The fourth-order valence-electron chi connectivity index (χ4n) is 3.92. The molecule has 0 unspecified atom stereocenters. The normalized spacial score (nSPS) is 16.0. The number of nitrogens with zero attached hydrogens (tertiary/aromatic N) is 5. The van der Waals surface area contributed by atoms with Crippen LogP contribution in [0, 0.1) is 17.1 Å². The minimum absolute atomic E-state index is 0.0168. The molecule has 3 aromatic rings. The summed E-state index contributed by atoms with van der Waals surface area (Å²) in [6, 6.07) is 11.5. The van der Waals surface area contributed by atoms with Gasteiger partial charge < -0.3 is 10.2 Å². The van der Waals surface area contributed by atoms with Crippen molar-refractivity contribution >= 4 is 11.7 Å². The van der Waals surface area contributed by atoms with Crippen molar-refractivity contribution in [2.75, 3.05) is 18.4 Å². The van der Waals surface area contributed by atoms with Crippen LogP contribution >= 0.6 is 0 Å². The Bertz CT molecular complexity index is 1120. The minimum Gasteiger partial charge on any atom is -0.368 e. The molecular weight excluding hydrogens is 395 g/mol. The van der Waals surface area contributed by atoms with E-state index in [1.807, 2.05) is 4.90 Å². The molecule has 0 bridgehead atoms. The molecule has 1 aliphatic rings. The van der Waals surface area contributed by atoms with Gasteiger partial charge >= 0.3 is 0 Å². The number of halogens is 1. The molecule has 4 rings (SSSR count). The van der Waals surface area contributed by atoms with Crippen molar-refractivity contribution in [3.63, 3.8) is 0 Å². The zero-order valence-corrected chi connectivity index (χ0v) is 17.3. The second-order valence-corrected chi connectivity index (χ2v) is 7.64. The number of hydrogen-bond acceptors (Lipinski definition) is 5. The second kappa shape index (κ2) is 8.96. The number of carbonyl (C=O) groups excluding carboxylic acids is 1. The summed E-state index contributed by atoms with van der Waals surface area (Å²) in [6.45, 7) is 1.18. The Hall–Kier alpha value is -3.73. The maximum atomic E-state index is 13.5. The molecule has 1 fully saturated rings. The van der Waals surface area contributed by atoms with Crippen LogP contribution in [-0.2, 0) is 7.05 Å². The number of pyridine rings is 1. The predicted molar refractivity (Wildman–Crippen MR) is 115 cm³/mol. The first-order valence-corrected chi connectivity index (χ1v) is 10.3. The molecule has 3 heterocycles. The van der Waals surface area contributed by atoms with E-state index in [1.54, 1.807) is 48.4 Å². The molecule has 8 heteroatoms. The number of benzene rings is 1. The van der Waals surface area contributed by atoms with E-state index in [9.17, 15) is 9.18 Å². The molecule has 158 valence electrons. The molecule has 1 atom stereocenters. The molecule has 0 saturated carbocycles. The maximum Gasteiger partial charge on any atom is 0.275 e. The summed E-state index contributed by atoms with van der Waals surface area (Å²) in [5.41, 5.74) is 2.34. The van der Waals surface area contributed by atoms with Crippen molar-refractivity contribution in [2.45, 2.75) is 25.3 Å². The lowest BCUT2D eigenvalue weighted by Gasteiger charge is -2.35. The van der Waals surface area contributed by atoms with Crippen molar-refractivity contribution in [2.24, 2.45) is 7.05 Å². The van der Waals surface area contributed by atoms with E-state index in [-0.39, 0.29) is 17.8 Å². The summed E-state index contributed by atoms with van der Waals surface area (Å²) in [5, 5.41) is 16.8. The van der Waals surface area contributed by atoms with Crippen LogP contribution in [0.3, 0.4) is 0 Å². The van der Waals surface area contributed by atoms with Gasteiger partial charge in [0.1, 0.15) is 11.6 Å². The van der Waals surface area contributed by atoms with E-state index >= 15 is 0 Å². The topological polar surface area (TPSA) is 86.8 Å². The highest BCUT2D eigenvalue weighted by Crippen LogP contribution is 2.27. The summed E-state index contributed by atoms with van der Waals surface area (Å²) in [6.07, 6.45) is 6.22. The van der Waals surface area contributed by atoms with Crippen molar-refractivity contribution in [1.29, 1.82) is 5.26 Å². The van der Waals surface area contributed by atoms with E-state index in [2.05, 4.69) is 21.5 Å². The Balaban J connectivity index is 1.55. The van der Waals surface area contributed by atoms with Gasteiger partial charge in [0, 0.05) is 44.1 Å². The average Bonchev–Trinajstić information content (AvgIpc) is 3.19. The summed E-state index contributed by atoms with van der Waals surface area (Å²) >= 11 is 0. The van der Waals surface area contributed by atoms with Crippen LogP contribution in [0.4, 0.5) is 10.2 Å². The van der Waals surface area contributed by atoms with E-state index in [4.69, 9.17) is 5.26 Å². The molecule has 1 saturated heterocycles. The summed E-state index contributed by atoms with van der Waals surface area (Å²) in [7, 11) is 1.77. The highest BCUT2D eigenvalue weighted by molar-refractivity contribution is 5.99. The van der Waals surface area contributed by atoms with Crippen LogP contribution in [0.25, 0.3) is 11.1 Å². The lowest BCUT2D eigenvalue weighted by atomic mass is 10.00. The van der Waals surface area contributed by atoms with Gasteiger partial charge in [-0.1, -0.05) is 12.1 Å². The third-order valence-electron chi connectivity index (χ3n) is 5.48. The minimum atomic E-state index is -0.322. The Kier molecular flexibility index (Phi) is 5.94. The molecule has 0 spiro atoms. The molecule has 1 aliphatic heterocycles. The highest BCUT2D eigenvalue weighted by Gasteiger charge is 2.30. The number of hydrogen-bond donors (Lipinski definition) is 1. The summed E-state index contributed by atoms with van der Waals surface area (Å²) in [4.78, 5) is 19.6. The number of nitrogens with one attached hydrogen (secondary N) is 1. The van der Waals surface area contributed by atoms with Crippen LogP contribution < -0.4 is 5.32 Å². The quantitative estimate of drug-likeness (QED) is 0.684. The fraction of sp³-hybridized carbons (Fsp3) is 0.304. The number of aromatic nitrogens is 3. The smallest absolute Gasteiger partial charge is 0.275 e. The third-order valence-corrected chi connectivity index (χ3v) is 5.48. The lowest BCUT2D eigenvalue weighted by molar-refractivity contribution is 0.0622. The maximum absolute atomic E-state index is 13.5. The fourth-order valence-corrected chi connectivity index (χ4v) is 3.92. The number of nitriles is 1. The lowest BCUT2D eigenvalue weighted by Crippen LogP contribution is -2.47. The molecule has 7 nitrogen and oxygen atoms in total. The number of carbonyl (C=O) groups is 1. The van der Waals surface area contributed by atoms with Crippen LogP contribution in [0.15, 0.2) is 48.8 Å². The van der Waals surface area contributed by atoms with Gasteiger partial charge in [-0.3, -0.25) is 9.48 Å². The molecule has 1 amide bonds. The second-order valence-electron chi connectivity index (χ2n) is 7.64. The molecule has 1 N–H and O–H groups in total. The van der Waals surface area contributed by atoms with Gasteiger partial charge in [-0.25, -0.2) is 9.37 Å². The Morgan fingerprint density at radius 2 is 2.10 bits per heavy atom. The van der Waals surface area contributed by atoms with E-state index in [0.717, 1.165) is 24.8 Å². The monoisotopic (exact) mass is 418 g/mol. The van der Waals surface area contributed by atoms with Gasteiger partial charge in [0.25, 0.3) is 5.91 Å². The van der Waals surface area contributed by atoms with E-state index in [0.29, 0.717) is 35.7 Å². The Morgan fingerprint density at radius 3 is 2.87 bits per heavy atom. The Morgan fingerprint density at radius 1 is 1.29 bits per heavy atom. The first-order chi connectivity index (χ1) is 15.0. The first-order valence-electron chi connectivity index (χ1n) is 10.3. The number of aryl methyl sites for hydroxylation is 1. The summed E-state index contributed by atoms with van der Waals surface area (Å²) in [5.74, 6) is 0.156. The number of rotatable bonds is 5. The van der Waals surface area contributed by atoms with Crippen LogP contribution in [0.1, 0.15) is 35.3 Å². The molecule has 2 aromatic heterocycles. The molecule has 1 aromatic carbocycles. The summed E-state index contributed by atoms with van der Waals surface area (Å²) < 4.78 is 15.0. The number of amides is 1. The van der Waals surface area contributed by atoms with Crippen molar-refractivity contribution < 1.29 is 9.18 Å². The molecule has 31 heavy (non-hydrogen) atoms. The van der Waals surface area contributed by atoms with E-state index < -0.39 is 0 Å². The van der Waals surface area contributed by atoms with E-state index in [1.165, 1.54) is 12.1 Å². The highest BCUT2D eigenvalue weighted by atomic mass is 19.1. The van der Waals surface area contributed by atoms with Gasteiger partial charge in [0.15, 0.2) is 5.69 Å². The molecule has 0 radical (unpaired) electrons. The van der Waals surface area contributed by atoms with Crippen LogP contribution in [0.5, 0.6) is 0 Å². The van der Waals surface area contributed by atoms with Crippen LogP contribution in [0.2, 0.25) is 0 Å². The number of anilines is 1.